The van der Waals surface area contributed by atoms with E-state index >= 15 is 0 Å². The molecule has 1 saturated carbocycles. The van der Waals surface area contributed by atoms with Gasteiger partial charge >= 0.3 is 0 Å². The number of likely N-dealkylation sites (tertiary alicyclic amines) is 1. The molecule has 2 heterocycles. The average Bonchev–Trinajstić information content (AvgIpc) is 3.23. The van der Waals surface area contributed by atoms with Crippen molar-refractivity contribution in [3.63, 3.8) is 0 Å². The minimum atomic E-state index is -0.894. The Labute approximate surface area is 147 Å². The molecule has 6 nitrogen and oxygen atoms in total. The molecule has 7 heteroatoms. The van der Waals surface area contributed by atoms with Crippen LogP contribution < -0.4 is 0 Å². The van der Waals surface area contributed by atoms with Crippen LogP contribution in [0.5, 0.6) is 0 Å². The van der Waals surface area contributed by atoms with Crippen LogP contribution in [0.1, 0.15) is 37.7 Å². The SMILES string of the molecule is CN(C[C@@H]1C[C@H](F)CN1Cc1cncnc1)C(=O)C1(C#N)CCCC1. The second kappa shape index (κ2) is 7.44. The molecule has 1 aliphatic carbocycles. The van der Waals surface area contributed by atoms with Gasteiger partial charge in [-0.3, -0.25) is 9.69 Å². The molecule has 1 aromatic heterocycles. The zero-order valence-electron chi connectivity index (χ0n) is 14.6. The normalized spacial score (nSPS) is 25.6. The minimum Gasteiger partial charge on any atom is -0.343 e. The summed E-state index contributed by atoms with van der Waals surface area (Å²) in [5.74, 6) is -0.113. The van der Waals surface area contributed by atoms with Gasteiger partial charge in [0.05, 0.1) is 6.07 Å². The lowest BCUT2D eigenvalue weighted by Gasteiger charge is -2.31. The first kappa shape index (κ1) is 17.7. The van der Waals surface area contributed by atoms with E-state index in [1.165, 1.54) is 6.33 Å². The van der Waals surface area contributed by atoms with Crippen molar-refractivity contribution in [2.75, 3.05) is 20.1 Å². The number of halogens is 1. The van der Waals surface area contributed by atoms with Gasteiger partial charge in [0.2, 0.25) is 5.91 Å². The minimum absolute atomic E-state index is 0.0543. The fraction of sp³-hybridized carbons (Fsp3) is 0.667. The highest BCUT2D eigenvalue weighted by Gasteiger charge is 2.44. The molecule has 0 radical (unpaired) electrons. The van der Waals surface area contributed by atoms with Gasteiger partial charge in [0.1, 0.15) is 17.9 Å². The highest BCUT2D eigenvalue weighted by Crippen LogP contribution is 2.39. The number of alkyl halides is 1. The number of nitrogens with zero attached hydrogens (tertiary/aromatic N) is 5. The van der Waals surface area contributed by atoms with Crippen molar-refractivity contribution in [3.8, 4) is 6.07 Å². The molecular formula is C18H24FN5O. The third-order valence-corrected chi connectivity index (χ3v) is 5.39. The second-order valence-corrected chi connectivity index (χ2v) is 7.25. The van der Waals surface area contributed by atoms with Gasteiger partial charge in [0, 0.05) is 50.7 Å². The van der Waals surface area contributed by atoms with Crippen LogP contribution in [0.25, 0.3) is 0 Å². The van der Waals surface area contributed by atoms with Crippen LogP contribution in [0.15, 0.2) is 18.7 Å². The van der Waals surface area contributed by atoms with Gasteiger partial charge in [0.25, 0.3) is 0 Å². The third-order valence-electron chi connectivity index (χ3n) is 5.39. The lowest BCUT2D eigenvalue weighted by Crippen LogP contribution is -2.46. The molecule has 0 spiro atoms. The first-order valence-corrected chi connectivity index (χ1v) is 8.83. The Morgan fingerprint density at radius 1 is 1.44 bits per heavy atom. The van der Waals surface area contributed by atoms with Gasteiger partial charge in [-0.15, -0.1) is 0 Å². The number of likely N-dealkylation sites (N-methyl/N-ethyl adjacent to an activating group) is 1. The highest BCUT2D eigenvalue weighted by molar-refractivity contribution is 5.85. The molecule has 0 aromatic carbocycles. The quantitative estimate of drug-likeness (QED) is 0.815. The summed E-state index contributed by atoms with van der Waals surface area (Å²) in [5, 5.41) is 9.50. The van der Waals surface area contributed by atoms with Gasteiger partial charge in [0.15, 0.2) is 0 Å². The summed E-state index contributed by atoms with van der Waals surface area (Å²) in [6.45, 7) is 1.36. The maximum Gasteiger partial charge on any atom is 0.242 e. The van der Waals surface area contributed by atoms with Gasteiger partial charge in [-0.1, -0.05) is 12.8 Å². The molecule has 0 unspecified atom stereocenters. The third kappa shape index (κ3) is 3.79. The Balaban J connectivity index is 1.65. The van der Waals surface area contributed by atoms with Crippen LogP contribution >= 0.6 is 0 Å². The summed E-state index contributed by atoms with van der Waals surface area (Å²) in [7, 11) is 1.73. The van der Waals surface area contributed by atoms with Crippen LogP contribution in [0, 0.1) is 16.7 Å². The number of carbonyl (C=O) groups is 1. The summed E-state index contributed by atoms with van der Waals surface area (Å²) in [4.78, 5) is 24.5. The highest BCUT2D eigenvalue weighted by atomic mass is 19.1. The Morgan fingerprint density at radius 3 is 2.76 bits per heavy atom. The zero-order valence-corrected chi connectivity index (χ0v) is 14.6. The summed E-state index contributed by atoms with van der Waals surface area (Å²) in [5.41, 5.74) is 0.0560. The number of amides is 1. The fourth-order valence-corrected chi connectivity index (χ4v) is 4.07. The van der Waals surface area contributed by atoms with Crippen molar-refractivity contribution in [2.24, 2.45) is 5.41 Å². The molecule has 1 amide bonds. The number of nitriles is 1. The van der Waals surface area contributed by atoms with E-state index in [1.54, 1.807) is 24.3 Å². The molecule has 134 valence electrons. The fourth-order valence-electron chi connectivity index (χ4n) is 4.07. The molecule has 2 atom stereocenters. The van der Waals surface area contributed by atoms with E-state index in [0.29, 0.717) is 38.9 Å². The number of rotatable bonds is 5. The molecule has 1 aliphatic heterocycles. The largest absolute Gasteiger partial charge is 0.343 e. The van der Waals surface area contributed by atoms with E-state index in [9.17, 15) is 14.4 Å². The molecule has 1 saturated heterocycles. The predicted octanol–water partition coefficient (Wildman–Crippen LogP) is 1.93. The van der Waals surface area contributed by atoms with Crippen LogP contribution in [0.3, 0.4) is 0 Å². The Hall–Kier alpha value is -2.07. The second-order valence-electron chi connectivity index (χ2n) is 7.25. The van der Waals surface area contributed by atoms with E-state index in [4.69, 9.17) is 0 Å². The molecule has 25 heavy (non-hydrogen) atoms. The van der Waals surface area contributed by atoms with Crippen LogP contribution in [-0.4, -0.2) is 58.0 Å². The van der Waals surface area contributed by atoms with Gasteiger partial charge in [-0.05, 0) is 19.3 Å². The molecule has 2 aliphatic rings. The van der Waals surface area contributed by atoms with E-state index < -0.39 is 11.6 Å². The predicted molar refractivity (Wildman–Crippen MR) is 89.9 cm³/mol. The maximum atomic E-state index is 14.0. The number of hydrogen-bond donors (Lipinski definition) is 0. The summed E-state index contributed by atoms with van der Waals surface area (Å²) in [6, 6.07) is 2.19. The van der Waals surface area contributed by atoms with E-state index in [1.807, 2.05) is 4.90 Å². The molecular weight excluding hydrogens is 321 g/mol. The first-order valence-electron chi connectivity index (χ1n) is 8.83. The van der Waals surface area contributed by atoms with Gasteiger partial charge < -0.3 is 4.90 Å². The molecule has 0 N–H and O–H groups in total. The standard InChI is InChI=1S/C18H24FN5O/c1-23(17(25)18(12-20)4-2-3-5-18)11-16-6-15(19)10-24(16)9-14-7-21-13-22-8-14/h7-8,13,15-16H,2-6,9-11H2,1H3/t15-,16-/m0/s1. The number of aromatic nitrogens is 2. The molecule has 0 bridgehead atoms. The topological polar surface area (TPSA) is 73.1 Å². The lowest BCUT2D eigenvalue weighted by atomic mass is 9.86. The van der Waals surface area contributed by atoms with Crippen LogP contribution in [0.2, 0.25) is 0 Å². The van der Waals surface area contributed by atoms with Gasteiger partial charge in [-0.25, -0.2) is 14.4 Å². The smallest absolute Gasteiger partial charge is 0.242 e. The summed E-state index contributed by atoms with van der Waals surface area (Å²) < 4.78 is 14.0. The molecule has 1 aromatic rings. The lowest BCUT2D eigenvalue weighted by molar-refractivity contribution is -0.138. The van der Waals surface area contributed by atoms with E-state index in [0.717, 1.165) is 18.4 Å². The number of hydrogen-bond acceptors (Lipinski definition) is 5. The Bertz CT molecular complexity index is 641. The van der Waals surface area contributed by atoms with Crippen molar-refractivity contribution in [1.29, 1.82) is 5.26 Å². The average molecular weight is 345 g/mol. The molecule has 3 rings (SSSR count). The van der Waals surface area contributed by atoms with Crippen molar-refractivity contribution in [2.45, 2.75) is 50.9 Å². The zero-order chi connectivity index (χ0) is 17.9. The van der Waals surface area contributed by atoms with Crippen molar-refractivity contribution in [3.05, 3.63) is 24.3 Å². The van der Waals surface area contributed by atoms with Crippen LogP contribution in [0.4, 0.5) is 4.39 Å². The number of carbonyl (C=O) groups excluding carboxylic acids is 1. The van der Waals surface area contributed by atoms with Crippen molar-refractivity contribution < 1.29 is 9.18 Å². The van der Waals surface area contributed by atoms with Crippen molar-refractivity contribution >= 4 is 5.91 Å². The maximum absolute atomic E-state index is 14.0. The van der Waals surface area contributed by atoms with Crippen molar-refractivity contribution in [1.82, 2.24) is 19.8 Å². The van der Waals surface area contributed by atoms with Crippen LogP contribution in [-0.2, 0) is 11.3 Å². The first-order chi connectivity index (χ1) is 12.0. The Morgan fingerprint density at radius 2 is 2.12 bits per heavy atom. The van der Waals surface area contributed by atoms with E-state index in [2.05, 4.69) is 16.0 Å². The van der Waals surface area contributed by atoms with E-state index in [-0.39, 0.29) is 11.9 Å². The monoisotopic (exact) mass is 345 g/mol. The molecule has 2 fully saturated rings. The Kier molecular flexibility index (Phi) is 5.28. The summed E-state index contributed by atoms with van der Waals surface area (Å²) in [6.07, 6.45) is 7.55. The van der Waals surface area contributed by atoms with Gasteiger partial charge in [-0.2, -0.15) is 5.26 Å². The summed E-state index contributed by atoms with van der Waals surface area (Å²) >= 11 is 0.